The van der Waals surface area contributed by atoms with Crippen molar-refractivity contribution >= 4 is 5.69 Å². The predicted molar refractivity (Wildman–Crippen MR) is 93.1 cm³/mol. The van der Waals surface area contributed by atoms with Gasteiger partial charge in [-0.1, -0.05) is 36.3 Å². The van der Waals surface area contributed by atoms with Gasteiger partial charge in [0.05, 0.1) is 18.1 Å². The van der Waals surface area contributed by atoms with Gasteiger partial charge in [0.2, 0.25) is 5.82 Å². The van der Waals surface area contributed by atoms with Gasteiger partial charge in [-0.25, -0.2) is 0 Å². The fourth-order valence-electron chi connectivity index (χ4n) is 2.35. The number of nitro groups is 1. The Morgan fingerprint density at radius 3 is 2.62 bits per heavy atom. The monoisotopic (exact) mass is 355 g/mol. The Bertz CT molecular complexity index is 905. The summed E-state index contributed by atoms with van der Waals surface area (Å²) in [5.41, 5.74) is 1.85. The van der Waals surface area contributed by atoms with Gasteiger partial charge in [-0.2, -0.15) is 4.98 Å². The summed E-state index contributed by atoms with van der Waals surface area (Å²) in [4.78, 5) is 14.9. The molecule has 0 amide bonds. The molecule has 0 N–H and O–H groups in total. The molecule has 8 heteroatoms. The SMILES string of the molecule is CCc1ccc(-c2noc(COc3ccc(OC)cc3[N+](=O)[O-])n2)cc1. The van der Waals surface area contributed by atoms with E-state index in [0.29, 0.717) is 11.6 Å². The molecule has 0 atom stereocenters. The van der Waals surface area contributed by atoms with Crippen molar-refractivity contribution in [3.63, 3.8) is 0 Å². The molecule has 0 aliphatic heterocycles. The number of rotatable bonds is 7. The number of nitro benzene ring substituents is 1. The van der Waals surface area contributed by atoms with E-state index < -0.39 is 4.92 Å². The van der Waals surface area contributed by atoms with Crippen LogP contribution in [-0.4, -0.2) is 22.2 Å². The van der Waals surface area contributed by atoms with Crippen molar-refractivity contribution in [1.29, 1.82) is 0 Å². The van der Waals surface area contributed by atoms with Gasteiger partial charge in [0, 0.05) is 5.56 Å². The Hall–Kier alpha value is -3.42. The largest absolute Gasteiger partial charge is 0.496 e. The van der Waals surface area contributed by atoms with E-state index in [0.717, 1.165) is 12.0 Å². The lowest BCUT2D eigenvalue weighted by atomic mass is 10.1. The van der Waals surface area contributed by atoms with E-state index in [1.165, 1.54) is 24.8 Å². The maximum absolute atomic E-state index is 11.2. The summed E-state index contributed by atoms with van der Waals surface area (Å²) in [5, 5.41) is 15.1. The van der Waals surface area contributed by atoms with Crippen LogP contribution in [0.25, 0.3) is 11.4 Å². The molecule has 8 nitrogen and oxygen atoms in total. The van der Waals surface area contributed by atoms with Gasteiger partial charge in [0.15, 0.2) is 12.4 Å². The van der Waals surface area contributed by atoms with Gasteiger partial charge >= 0.3 is 5.69 Å². The van der Waals surface area contributed by atoms with Crippen LogP contribution >= 0.6 is 0 Å². The number of nitrogens with zero attached hydrogens (tertiary/aromatic N) is 3. The average molecular weight is 355 g/mol. The molecule has 3 rings (SSSR count). The number of ether oxygens (including phenoxy) is 2. The molecule has 134 valence electrons. The lowest BCUT2D eigenvalue weighted by molar-refractivity contribution is -0.386. The van der Waals surface area contributed by atoms with Crippen LogP contribution in [0.3, 0.4) is 0 Å². The van der Waals surface area contributed by atoms with Crippen LogP contribution in [0.15, 0.2) is 47.0 Å². The Kier molecular flexibility index (Phi) is 5.12. The molecule has 0 aliphatic rings. The molecular weight excluding hydrogens is 338 g/mol. The van der Waals surface area contributed by atoms with Crippen molar-refractivity contribution in [3.8, 4) is 22.9 Å². The first kappa shape index (κ1) is 17.4. The van der Waals surface area contributed by atoms with E-state index in [1.807, 2.05) is 24.3 Å². The number of aromatic nitrogens is 2. The molecule has 0 saturated carbocycles. The summed E-state index contributed by atoms with van der Waals surface area (Å²) in [6, 6.07) is 12.2. The minimum Gasteiger partial charge on any atom is -0.496 e. The summed E-state index contributed by atoms with van der Waals surface area (Å²) in [6.07, 6.45) is 0.951. The fraction of sp³-hybridized carbons (Fsp3) is 0.222. The second-order valence-corrected chi connectivity index (χ2v) is 5.44. The topological polar surface area (TPSA) is 101 Å². The van der Waals surface area contributed by atoms with E-state index in [9.17, 15) is 10.1 Å². The van der Waals surface area contributed by atoms with Crippen molar-refractivity contribution in [2.75, 3.05) is 7.11 Å². The van der Waals surface area contributed by atoms with E-state index in [2.05, 4.69) is 17.1 Å². The van der Waals surface area contributed by atoms with Gasteiger partial charge in [-0.3, -0.25) is 10.1 Å². The van der Waals surface area contributed by atoms with Crippen LogP contribution in [-0.2, 0) is 13.0 Å². The highest BCUT2D eigenvalue weighted by Gasteiger charge is 2.18. The van der Waals surface area contributed by atoms with Crippen LogP contribution in [0.1, 0.15) is 18.4 Å². The quantitative estimate of drug-likeness (QED) is 0.469. The molecule has 1 heterocycles. The van der Waals surface area contributed by atoms with Gasteiger partial charge in [-0.05, 0) is 24.1 Å². The zero-order valence-electron chi connectivity index (χ0n) is 14.3. The molecule has 0 fully saturated rings. The third-order valence-electron chi connectivity index (χ3n) is 3.80. The summed E-state index contributed by atoms with van der Waals surface area (Å²) in [5.74, 6) is 1.14. The molecule has 0 radical (unpaired) electrons. The van der Waals surface area contributed by atoms with Crippen LogP contribution in [0.2, 0.25) is 0 Å². The minimum absolute atomic E-state index is 0.0762. The van der Waals surface area contributed by atoms with Gasteiger partial charge in [0.25, 0.3) is 5.89 Å². The van der Waals surface area contributed by atoms with Crippen molar-refractivity contribution in [1.82, 2.24) is 10.1 Å². The van der Waals surface area contributed by atoms with Crippen LogP contribution in [0.4, 0.5) is 5.69 Å². The smallest absolute Gasteiger partial charge is 0.314 e. The summed E-state index contributed by atoms with van der Waals surface area (Å²) < 4.78 is 15.6. The summed E-state index contributed by atoms with van der Waals surface area (Å²) in [6.45, 7) is 2.00. The third kappa shape index (κ3) is 3.80. The number of hydrogen-bond donors (Lipinski definition) is 0. The molecule has 0 aliphatic carbocycles. The van der Waals surface area contributed by atoms with Gasteiger partial charge in [0.1, 0.15) is 5.75 Å². The molecule has 0 bridgehead atoms. The Morgan fingerprint density at radius 1 is 1.19 bits per heavy atom. The van der Waals surface area contributed by atoms with Gasteiger partial charge in [-0.15, -0.1) is 0 Å². The van der Waals surface area contributed by atoms with Crippen LogP contribution in [0.5, 0.6) is 11.5 Å². The zero-order chi connectivity index (χ0) is 18.5. The second-order valence-electron chi connectivity index (χ2n) is 5.44. The minimum atomic E-state index is -0.535. The number of hydrogen-bond acceptors (Lipinski definition) is 7. The fourth-order valence-corrected chi connectivity index (χ4v) is 2.35. The van der Waals surface area contributed by atoms with Crippen molar-refractivity contribution in [3.05, 3.63) is 64.0 Å². The van der Waals surface area contributed by atoms with E-state index in [1.54, 1.807) is 6.07 Å². The summed E-state index contributed by atoms with van der Waals surface area (Å²) in [7, 11) is 1.44. The van der Waals surface area contributed by atoms with Crippen molar-refractivity contribution in [2.24, 2.45) is 0 Å². The van der Waals surface area contributed by atoms with E-state index >= 15 is 0 Å². The highest BCUT2D eigenvalue weighted by Crippen LogP contribution is 2.31. The highest BCUT2D eigenvalue weighted by atomic mass is 16.6. The molecule has 2 aromatic carbocycles. The first-order valence-corrected chi connectivity index (χ1v) is 7.98. The van der Waals surface area contributed by atoms with Crippen LogP contribution < -0.4 is 9.47 Å². The Labute approximate surface area is 149 Å². The molecule has 0 saturated heterocycles. The maximum atomic E-state index is 11.2. The molecule has 0 unspecified atom stereocenters. The van der Waals surface area contributed by atoms with Gasteiger partial charge < -0.3 is 14.0 Å². The number of methoxy groups -OCH3 is 1. The molecular formula is C18H17N3O5. The Morgan fingerprint density at radius 2 is 1.96 bits per heavy atom. The van der Waals surface area contributed by atoms with Crippen molar-refractivity contribution < 1.29 is 18.9 Å². The molecule has 1 aromatic heterocycles. The summed E-state index contributed by atoms with van der Waals surface area (Å²) >= 11 is 0. The number of aryl methyl sites for hydroxylation is 1. The third-order valence-corrected chi connectivity index (χ3v) is 3.80. The van der Waals surface area contributed by atoms with E-state index in [4.69, 9.17) is 14.0 Å². The number of benzene rings is 2. The molecule has 0 spiro atoms. The van der Waals surface area contributed by atoms with E-state index in [-0.39, 0.29) is 23.9 Å². The molecule has 3 aromatic rings. The zero-order valence-corrected chi connectivity index (χ0v) is 14.3. The first-order chi connectivity index (χ1) is 12.6. The van der Waals surface area contributed by atoms with Crippen molar-refractivity contribution in [2.45, 2.75) is 20.0 Å². The first-order valence-electron chi connectivity index (χ1n) is 7.98. The Balaban J connectivity index is 1.73. The van der Waals surface area contributed by atoms with Crippen LogP contribution in [0, 0.1) is 10.1 Å². The second kappa shape index (κ2) is 7.64. The lowest BCUT2D eigenvalue weighted by Gasteiger charge is -2.05. The normalized spacial score (nSPS) is 10.5. The molecule has 26 heavy (non-hydrogen) atoms. The average Bonchev–Trinajstić information content (AvgIpc) is 3.15. The maximum Gasteiger partial charge on any atom is 0.314 e. The lowest BCUT2D eigenvalue weighted by Crippen LogP contribution is -2.00. The predicted octanol–water partition coefficient (Wildman–Crippen LogP) is 3.79. The highest BCUT2D eigenvalue weighted by molar-refractivity contribution is 5.54. The standard InChI is InChI=1S/C18H17N3O5/c1-3-12-4-6-13(7-5-12)18-19-17(26-20-18)11-25-16-9-8-14(24-2)10-15(16)21(22)23/h4-10H,3,11H2,1-2H3.